The van der Waals surface area contributed by atoms with Crippen molar-refractivity contribution in [1.82, 2.24) is 0 Å². The zero-order valence-electron chi connectivity index (χ0n) is 10.6. The molecule has 0 amide bonds. The van der Waals surface area contributed by atoms with E-state index in [1.165, 1.54) is 5.56 Å². The summed E-state index contributed by atoms with van der Waals surface area (Å²) in [6, 6.07) is 13.5. The highest BCUT2D eigenvalue weighted by atomic mass is 79.9. The largest absolute Gasteiger partial charge is 0.289 e. The first-order valence-electron chi connectivity index (χ1n) is 6.20. The Morgan fingerprint density at radius 2 is 1.89 bits per heavy atom. The monoisotopic (exact) mass is 380 g/mol. The summed E-state index contributed by atoms with van der Waals surface area (Å²) in [6.45, 7) is 2.14. The van der Waals surface area contributed by atoms with Gasteiger partial charge in [0.25, 0.3) is 0 Å². The van der Waals surface area contributed by atoms with E-state index in [9.17, 15) is 4.79 Å². The lowest BCUT2D eigenvalue weighted by molar-refractivity contribution is 0.103. The van der Waals surface area contributed by atoms with E-state index in [0.29, 0.717) is 5.56 Å². The van der Waals surface area contributed by atoms with Crippen LogP contribution >= 0.6 is 31.9 Å². The third-order valence-corrected chi connectivity index (χ3v) is 4.09. The van der Waals surface area contributed by atoms with Gasteiger partial charge in [-0.2, -0.15) is 0 Å². The van der Waals surface area contributed by atoms with Crippen molar-refractivity contribution < 1.29 is 4.79 Å². The van der Waals surface area contributed by atoms with E-state index in [0.717, 1.165) is 27.4 Å². The molecule has 0 aliphatic rings. The third-order valence-electron chi connectivity index (χ3n) is 2.90. The van der Waals surface area contributed by atoms with Crippen molar-refractivity contribution in [3.63, 3.8) is 0 Å². The minimum atomic E-state index is 0.0473. The first-order chi connectivity index (χ1) is 9.11. The first kappa shape index (κ1) is 14.5. The molecular formula is C16H14Br2O. The van der Waals surface area contributed by atoms with E-state index in [4.69, 9.17) is 0 Å². The number of carbonyl (C=O) groups excluding carboxylic acids is 1. The summed E-state index contributed by atoms with van der Waals surface area (Å²) in [6.07, 6.45) is 2.08. The van der Waals surface area contributed by atoms with Gasteiger partial charge in [0, 0.05) is 20.1 Å². The number of hydrogen-bond donors (Lipinski definition) is 0. The van der Waals surface area contributed by atoms with Crippen LogP contribution in [-0.4, -0.2) is 5.78 Å². The van der Waals surface area contributed by atoms with E-state index in [1.54, 1.807) is 0 Å². The molecule has 0 unspecified atom stereocenters. The van der Waals surface area contributed by atoms with Gasteiger partial charge in [-0.05, 0) is 36.2 Å². The molecule has 0 fully saturated rings. The fraction of sp³-hybridized carbons (Fsp3) is 0.188. The number of rotatable bonds is 4. The summed E-state index contributed by atoms with van der Waals surface area (Å²) in [7, 11) is 0. The van der Waals surface area contributed by atoms with Crippen LogP contribution in [0.2, 0.25) is 0 Å². The van der Waals surface area contributed by atoms with E-state index in [2.05, 4.69) is 44.8 Å². The minimum absolute atomic E-state index is 0.0473. The van der Waals surface area contributed by atoms with Gasteiger partial charge in [-0.3, -0.25) is 4.79 Å². The van der Waals surface area contributed by atoms with E-state index >= 15 is 0 Å². The van der Waals surface area contributed by atoms with E-state index < -0.39 is 0 Å². The molecule has 1 nitrogen and oxygen atoms in total. The molecule has 0 heterocycles. The standard InChI is InChI=1S/C16H14Br2O/c1-2-4-11-5-3-6-12(9-11)16(19)14-10-13(17)7-8-15(14)18/h3,5-10H,2,4H2,1H3. The molecule has 0 atom stereocenters. The highest BCUT2D eigenvalue weighted by Gasteiger charge is 2.13. The van der Waals surface area contributed by atoms with Crippen molar-refractivity contribution in [3.8, 4) is 0 Å². The summed E-state index contributed by atoms with van der Waals surface area (Å²) >= 11 is 6.84. The molecule has 0 bridgehead atoms. The molecule has 3 heteroatoms. The van der Waals surface area contributed by atoms with Gasteiger partial charge in [0.1, 0.15) is 0 Å². The normalized spacial score (nSPS) is 10.5. The van der Waals surface area contributed by atoms with Gasteiger partial charge in [-0.15, -0.1) is 0 Å². The van der Waals surface area contributed by atoms with Crippen molar-refractivity contribution in [2.45, 2.75) is 19.8 Å². The molecule has 2 rings (SSSR count). The van der Waals surface area contributed by atoms with Crippen LogP contribution in [0.5, 0.6) is 0 Å². The fourth-order valence-corrected chi connectivity index (χ4v) is 2.77. The maximum Gasteiger partial charge on any atom is 0.194 e. The molecule has 0 aliphatic carbocycles. The van der Waals surface area contributed by atoms with Gasteiger partial charge in [-0.1, -0.05) is 63.4 Å². The number of halogens is 2. The van der Waals surface area contributed by atoms with Crippen molar-refractivity contribution in [3.05, 3.63) is 68.1 Å². The smallest absolute Gasteiger partial charge is 0.194 e. The lowest BCUT2D eigenvalue weighted by Crippen LogP contribution is -2.03. The molecule has 0 spiro atoms. The average Bonchev–Trinajstić information content (AvgIpc) is 2.41. The Balaban J connectivity index is 2.38. The number of benzene rings is 2. The summed E-state index contributed by atoms with van der Waals surface area (Å²) in [5, 5.41) is 0. The summed E-state index contributed by atoms with van der Waals surface area (Å²) in [5.41, 5.74) is 2.63. The number of hydrogen-bond acceptors (Lipinski definition) is 1. The Labute approximate surface area is 130 Å². The molecule has 2 aromatic rings. The van der Waals surface area contributed by atoms with Gasteiger partial charge in [-0.25, -0.2) is 0 Å². The minimum Gasteiger partial charge on any atom is -0.289 e. The molecule has 98 valence electrons. The van der Waals surface area contributed by atoms with Crippen LogP contribution in [-0.2, 0) is 6.42 Å². The van der Waals surface area contributed by atoms with Gasteiger partial charge < -0.3 is 0 Å². The van der Waals surface area contributed by atoms with Crippen LogP contribution in [0.25, 0.3) is 0 Å². The van der Waals surface area contributed by atoms with Crippen LogP contribution in [0.1, 0.15) is 34.8 Å². The van der Waals surface area contributed by atoms with Crippen LogP contribution in [0.15, 0.2) is 51.4 Å². The second-order valence-corrected chi connectivity index (χ2v) is 6.17. The molecular weight excluding hydrogens is 368 g/mol. The van der Waals surface area contributed by atoms with Crippen LogP contribution in [0, 0.1) is 0 Å². The number of aryl methyl sites for hydroxylation is 1. The zero-order chi connectivity index (χ0) is 13.8. The Bertz CT molecular complexity index is 605. The van der Waals surface area contributed by atoms with Crippen LogP contribution in [0.3, 0.4) is 0 Å². The van der Waals surface area contributed by atoms with Gasteiger partial charge in [0.15, 0.2) is 5.78 Å². The Morgan fingerprint density at radius 3 is 2.63 bits per heavy atom. The summed E-state index contributed by atoms with van der Waals surface area (Å²) < 4.78 is 1.73. The van der Waals surface area contributed by atoms with Crippen molar-refractivity contribution in [1.29, 1.82) is 0 Å². The van der Waals surface area contributed by atoms with E-state index in [1.807, 2.05) is 36.4 Å². The quantitative estimate of drug-likeness (QED) is 0.648. The van der Waals surface area contributed by atoms with Crippen molar-refractivity contribution in [2.75, 3.05) is 0 Å². The SMILES string of the molecule is CCCc1cccc(C(=O)c2cc(Br)ccc2Br)c1. The van der Waals surface area contributed by atoms with Gasteiger partial charge in [0.05, 0.1) is 0 Å². The molecule has 0 N–H and O–H groups in total. The first-order valence-corrected chi connectivity index (χ1v) is 7.79. The fourth-order valence-electron chi connectivity index (χ4n) is 1.98. The molecule has 0 saturated carbocycles. The van der Waals surface area contributed by atoms with Gasteiger partial charge >= 0.3 is 0 Å². The summed E-state index contributed by atoms with van der Waals surface area (Å²) in [5.74, 6) is 0.0473. The van der Waals surface area contributed by atoms with Crippen LogP contribution in [0.4, 0.5) is 0 Å². The zero-order valence-corrected chi connectivity index (χ0v) is 13.8. The molecule has 19 heavy (non-hydrogen) atoms. The number of ketones is 1. The summed E-state index contributed by atoms with van der Waals surface area (Å²) in [4.78, 5) is 12.5. The molecule has 0 aliphatic heterocycles. The van der Waals surface area contributed by atoms with Crippen molar-refractivity contribution in [2.24, 2.45) is 0 Å². The number of carbonyl (C=O) groups is 1. The highest BCUT2D eigenvalue weighted by molar-refractivity contribution is 9.11. The van der Waals surface area contributed by atoms with Gasteiger partial charge in [0.2, 0.25) is 0 Å². The highest BCUT2D eigenvalue weighted by Crippen LogP contribution is 2.24. The predicted molar refractivity (Wildman–Crippen MR) is 85.7 cm³/mol. The lowest BCUT2D eigenvalue weighted by atomic mass is 10.00. The van der Waals surface area contributed by atoms with E-state index in [-0.39, 0.29) is 5.78 Å². The Morgan fingerprint density at radius 1 is 1.11 bits per heavy atom. The maximum absolute atomic E-state index is 12.5. The second kappa shape index (κ2) is 6.49. The molecule has 2 aromatic carbocycles. The van der Waals surface area contributed by atoms with Crippen molar-refractivity contribution >= 4 is 37.6 Å². The maximum atomic E-state index is 12.5. The molecule has 0 saturated heterocycles. The average molecular weight is 382 g/mol. The lowest BCUT2D eigenvalue weighted by Gasteiger charge is -2.06. The Kier molecular flexibility index (Phi) is 4.94. The third kappa shape index (κ3) is 3.54. The topological polar surface area (TPSA) is 17.1 Å². The Hall–Kier alpha value is -0.930. The second-order valence-electron chi connectivity index (χ2n) is 4.40. The van der Waals surface area contributed by atoms with Crippen LogP contribution < -0.4 is 0 Å². The predicted octanol–water partition coefficient (Wildman–Crippen LogP) is 5.40. The molecule has 0 radical (unpaired) electrons. The molecule has 0 aromatic heterocycles.